The van der Waals surface area contributed by atoms with Gasteiger partial charge in [0.25, 0.3) is 11.9 Å². The van der Waals surface area contributed by atoms with Crippen molar-refractivity contribution in [3.05, 3.63) is 23.5 Å². The quantitative estimate of drug-likeness (QED) is 0.621. The second-order valence-corrected chi connectivity index (χ2v) is 3.95. The number of aromatic nitrogens is 1. The van der Waals surface area contributed by atoms with Crippen LogP contribution in [-0.4, -0.2) is 24.3 Å². The van der Waals surface area contributed by atoms with E-state index in [1.807, 2.05) is 0 Å². The van der Waals surface area contributed by atoms with Crippen LogP contribution in [0, 0.1) is 23.5 Å². The van der Waals surface area contributed by atoms with Gasteiger partial charge in [-0.2, -0.15) is 22.5 Å². The fourth-order valence-electron chi connectivity index (χ4n) is 1.71. The summed E-state index contributed by atoms with van der Waals surface area (Å²) in [6, 6.07) is 0. The summed E-state index contributed by atoms with van der Waals surface area (Å²) in [6.45, 7) is 0.384. The molecule has 1 fully saturated rings. The molecule has 1 atom stereocenters. The van der Waals surface area contributed by atoms with Gasteiger partial charge < -0.3 is 9.47 Å². The van der Waals surface area contributed by atoms with E-state index in [4.69, 9.17) is 9.47 Å². The van der Waals surface area contributed by atoms with Crippen molar-refractivity contribution >= 4 is 0 Å². The van der Waals surface area contributed by atoms with Crippen LogP contribution in [0.2, 0.25) is 0 Å². The normalized spacial score (nSPS) is 19.9. The van der Waals surface area contributed by atoms with Gasteiger partial charge in [-0.05, 0) is 19.3 Å². The molecule has 0 N–H and O–H groups in total. The number of pyridine rings is 1. The molecule has 100 valence electrons. The van der Waals surface area contributed by atoms with Crippen molar-refractivity contribution < 1.29 is 27.0 Å². The number of nitrogens with zero attached hydrogens (tertiary/aromatic N) is 1. The molecule has 1 aliphatic heterocycles. The standard InChI is InChI=1S/C11H11F4NO2/c12-7-9(8(13)11(15)16-10(7)14)18-5-6-3-1-2-4-17-6/h6H,1-5H2. The van der Waals surface area contributed by atoms with Crippen molar-refractivity contribution in [1.82, 2.24) is 4.98 Å². The van der Waals surface area contributed by atoms with E-state index in [1.54, 1.807) is 0 Å². The Labute approximate surface area is 101 Å². The number of ether oxygens (including phenoxy) is 2. The zero-order valence-electron chi connectivity index (χ0n) is 9.39. The van der Waals surface area contributed by atoms with Crippen molar-refractivity contribution in [2.75, 3.05) is 13.2 Å². The lowest BCUT2D eigenvalue weighted by molar-refractivity contribution is -0.0128. The minimum atomic E-state index is -1.73. The van der Waals surface area contributed by atoms with Crippen molar-refractivity contribution in [3.8, 4) is 5.75 Å². The summed E-state index contributed by atoms with van der Waals surface area (Å²) < 4.78 is 62.0. The van der Waals surface area contributed by atoms with E-state index in [0.29, 0.717) is 13.0 Å². The second-order valence-electron chi connectivity index (χ2n) is 3.95. The zero-order valence-corrected chi connectivity index (χ0v) is 9.39. The first-order chi connectivity index (χ1) is 8.59. The summed E-state index contributed by atoms with van der Waals surface area (Å²) in [7, 11) is 0. The number of rotatable bonds is 3. The van der Waals surface area contributed by atoms with E-state index in [9.17, 15) is 17.6 Å². The molecule has 18 heavy (non-hydrogen) atoms. The maximum Gasteiger partial charge on any atom is 0.255 e. The van der Waals surface area contributed by atoms with E-state index in [0.717, 1.165) is 12.8 Å². The SMILES string of the molecule is Fc1nc(F)c(F)c(OCC2CCCCO2)c1F. The Morgan fingerprint density at radius 2 is 1.78 bits per heavy atom. The van der Waals surface area contributed by atoms with Crippen molar-refractivity contribution in [2.24, 2.45) is 0 Å². The molecular weight excluding hydrogens is 254 g/mol. The van der Waals surface area contributed by atoms with Crippen LogP contribution >= 0.6 is 0 Å². The van der Waals surface area contributed by atoms with Gasteiger partial charge in [0.05, 0.1) is 6.10 Å². The lowest BCUT2D eigenvalue weighted by atomic mass is 10.1. The lowest BCUT2D eigenvalue weighted by Gasteiger charge is -2.22. The first-order valence-corrected chi connectivity index (χ1v) is 5.54. The van der Waals surface area contributed by atoms with Crippen LogP contribution in [0.5, 0.6) is 5.75 Å². The van der Waals surface area contributed by atoms with Crippen LogP contribution in [0.1, 0.15) is 19.3 Å². The second kappa shape index (κ2) is 5.51. The van der Waals surface area contributed by atoms with Gasteiger partial charge in [-0.1, -0.05) is 0 Å². The van der Waals surface area contributed by atoms with Gasteiger partial charge in [-0.25, -0.2) is 0 Å². The third kappa shape index (κ3) is 2.72. The van der Waals surface area contributed by atoms with Crippen LogP contribution in [0.25, 0.3) is 0 Å². The maximum atomic E-state index is 13.2. The predicted octanol–water partition coefficient (Wildman–Crippen LogP) is 2.59. The molecule has 2 rings (SSSR count). The molecule has 0 amide bonds. The summed E-state index contributed by atoms with van der Waals surface area (Å²) in [5.41, 5.74) is 0. The number of hydrogen-bond acceptors (Lipinski definition) is 3. The van der Waals surface area contributed by atoms with Crippen molar-refractivity contribution in [3.63, 3.8) is 0 Å². The average molecular weight is 265 g/mol. The molecule has 2 heterocycles. The maximum absolute atomic E-state index is 13.2. The van der Waals surface area contributed by atoms with Gasteiger partial charge >= 0.3 is 0 Å². The summed E-state index contributed by atoms with van der Waals surface area (Å²) >= 11 is 0. The fraction of sp³-hybridized carbons (Fsp3) is 0.545. The van der Waals surface area contributed by atoms with Crippen LogP contribution < -0.4 is 4.74 Å². The predicted molar refractivity (Wildman–Crippen MR) is 53.2 cm³/mol. The molecule has 7 heteroatoms. The molecule has 1 aromatic rings. The average Bonchev–Trinajstić information content (AvgIpc) is 2.38. The molecule has 1 aliphatic rings. The monoisotopic (exact) mass is 265 g/mol. The highest BCUT2D eigenvalue weighted by molar-refractivity contribution is 5.24. The summed E-state index contributed by atoms with van der Waals surface area (Å²) in [5.74, 6) is -7.81. The van der Waals surface area contributed by atoms with Crippen LogP contribution in [0.4, 0.5) is 17.6 Å². The number of hydrogen-bond donors (Lipinski definition) is 0. The Hall–Kier alpha value is -1.37. The van der Waals surface area contributed by atoms with Gasteiger partial charge in [0, 0.05) is 6.61 Å². The molecule has 0 aromatic carbocycles. The summed E-state index contributed by atoms with van der Waals surface area (Å²) in [6.07, 6.45) is 2.19. The zero-order chi connectivity index (χ0) is 13.1. The van der Waals surface area contributed by atoms with E-state index < -0.39 is 29.3 Å². The summed E-state index contributed by atoms with van der Waals surface area (Å²) in [4.78, 5) is 2.43. The van der Waals surface area contributed by atoms with Gasteiger partial charge in [-0.3, -0.25) is 0 Å². The van der Waals surface area contributed by atoms with E-state index in [2.05, 4.69) is 4.98 Å². The minimum absolute atomic E-state index is 0.156. The van der Waals surface area contributed by atoms with Crippen LogP contribution in [-0.2, 0) is 4.74 Å². The van der Waals surface area contributed by atoms with E-state index >= 15 is 0 Å². The Balaban J connectivity index is 2.08. The first-order valence-electron chi connectivity index (χ1n) is 5.54. The van der Waals surface area contributed by atoms with Gasteiger partial charge in [0.1, 0.15) is 6.61 Å². The van der Waals surface area contributed by atoms with Gasteiger partial charge in [0.15, 0.2) is 0 Å². The van der Waals surface area contributed by atoms with E-state index in [-0.39, 0.29) is 12.7 Å². The fourth-order valence-corrected chi connectivity index (χ4v) is 1.71. The highest BCUT2D eigenvalue weighted by atomic mass is 19.2. The Bertz CT molecular complexity index is 409. The smallest absolute Gasteiger partial charge is 0.255 e. The van der Waals surface area contributed by atoms with Crippen LogP contribution in [0.15, 0.2) is 0 Å². The molecule has 0 spiro atoms. The Morgan fingerprint density at radius 1 is 1.11 bits per heavy atom. The van der Waals surface area contributed by atoms with E-state index in [1.165, 1.54) is 0 Å². The Kier molecular flexibility index (Phi) is 4.00. The topological polar surface area (TPSA) is 31.4 Å². The first kappa shape index (κ1) is 13.1. The van der Waals surface area contributed by atoms with Gasteiger partial charge in [-0.15, -0.1) is 0 Å². The van der Waals surface area contributed by atoms with Crippen molar-refractivity contribution in [2.45, 2.75) is 25.4 Å². The Morgan fingerprint density at radius 3 is 2.33 bits per heavy atom. The highest BCUT2D eigenvalue weighted by Gasteiger charge is 2.24. The molecule has 1 unspecified atom stereocenters. The van der Waals surface area contributed by atoms with Crippen molar-refractivity contribution in [1.29, 1.82) is 0 Å². The third-order valence-electron chi connectivity index (χ3n) is 2.64. The van der Waals surface area contributed by atoms with Gasteiger partial charge in [0.2, 0.25) is 17.4 Å². The third-order valence-corrected chi connectivity index (χ3v) is 2.64. The number of halogens is 4. The summed E-state index contributed by atoms with van der Waals surface area (Å²) in [5, 5.41) is 0. The molecule has 3 nitrogen and oxygen atoms in total. The highest BCUT2D eigenvalue weighted by Crippen LogP contribution is 2.25. The molecule has 0 saturated carbocycles. The van der Waals surface area contributed by atoms with Crippen LogP contribution in [0.3, 0.4) is 0 Å². The molecule has 0 radical (unpaired) electrons. The molecule has 1 aromatic heterocycles. The largest absolute Gasteiger partial charge is 0.485 e. The molecular formula is C11H11F4NO2. The molecule has 0 aliphatic carbocycles. The molecule has 1 saturated heterocycles. The lowest BCUT2D eigenvalue weighted by Crippen LogP contribution is -2.26. The minimum Gasteiger partial charge on any atom is -0.485 e. The molecule has 0 bridgehead atoms.